The van der Waals surface area contributed by atoms with Crippen molar-refractivity contribution < 1.29 is 4.79 Å². The Morgan fingerprint density at radius 1 is 1.35 bits per heavy atom. The van der Waals surface area contributed by atoms with Gasteiger partial charge in [-0.05, 0) is 47.6 Å². The molecule has 1 unspecified atom stereocenters. The Hall–Kier alpha value is -0.580. The first kappa shape index (κ1) is 12.9. The van der Waals surface area contributed by atoms with E-state index in [9.17, 15) is 4.79 Å². The van der Waals surface area contributed by atoms with Crippen LogP contribution in [0.4, 0.5) is 5.69 Å². The van der Waals surface area contributed by atoms with Gasteiger partial charge in [-0.15, -0.1) is 0 Å². The number of halogens is 1. The lowest BCUT2D eigenvalue weighted by atomic mass is 9.87. The summed E-state index contributed by atoms with van der Waals surface area (Å²) in [6.07, 6.45) is 4.13. The highest BCUT2D eigenvalue weighted by Crippen LogP contribution is 2.25. The summed E-state index contributed by atoms with van der Waals surface area (Å²) in [4.78, 5) is 14.0. The minimum Gasteiger partial charge on any atom is -0.373 e. The van der Waals surface area contributed by atoms with Gasteiger partial charge in [0.25, 0.3) is 0 Å². The minimum atomic E-state index is 0.241. The Morgan fingerprint density at radius 3 is 2.82 bits per heavy atom. The van der Waals surface area contributed by atoms with Crippen molar-refractivity contribution in [3.05, 3.63) is 27.8 Å². The maximum absolute atomic E-state index is 11.8. The second-order valence-electron chi connectivity index (χ2n) is 4.74. The van der Waals surface area contributed by atoms with Crippen LogP contribution in [-0.4, -0.2) is 19.4 Å². The molecule has 0 amide bonds. The van der Waals surface area contributed by atoms with Crippen molar-refractivity contribution in [1.82, 2.24) is 0 Å². The van der Waals surface area contributed by atoms with E-state index in [0.717, 1.165) is 25.8 Å². The average Bonchev–Trinajstić information content (AvgIpc) is 2.32. The van der Waals surface area contributed by atoms with E-state index < -0.39 is 0 Å². The van der Waals surface area contributed by atoms with E-state index in [1.165, 1.54) is 15.7 Å². The molecule has 1 aliphatic rings. The molecule has 1 fully saturated rings. The molecule has 0 spiro atoms. The van der Waals surface area contributed by atoms with Crippen LogP contribution in [0.1, 0.15) is 25.7 Å². The summed E-state index contributed by atoms with van der Waals surface area (Å²) in [5, 5.41) is 0. The zero-order chi connectivity index (χ0) is 12.3. The fourth-order valence-electron chi connectivity index (χ4n) is 2.44. The highest BCUT2D eigenvalue weighted by atomic mass is 127. The third kappa shape index (κ3) is 3.21. The first-order valence-electron chi connectivity index (χ1n) is 6.17. The molecule has 0 N–H and O–H groups in total. The molecule has 3 heteroatoms. The third-order valence-corrected chi connectivity index (χ3v) is 4.35. The molecule has 1 atom stereocenters. The lowest BCUT2D eigenvalue weighted by Crippen LogP contribution is -2.32. The van der Waals surface area contributed by atoms with Gasteiger partial charge in [0.2, 0.25) is 0 Å². The number of ketones is 1. The average molecular weight is 343 g/mol. The molecule has 2 nitrogen and oxygen atoms in total. The Bertz CT molecular complexity index is 405. The fraction of sp³-hybridized carbons (Fsp3) is 0.500. The Labute approximate surface area is 117 Å². The van der Waals surface area contributed by atoms with Gasteiger partial charge in [-0.25, -0.2) is 0 Å². The number of para-hydroxylation sites is 1. The molecular weight excluding hydrogens is 325 g/mol. The van der Waals surface area contributed by atoms with E-state index in [1.807, 2.05) is 6.07 Å². The normalized spacial score (nSPS) is 20.4. The first-order chi connectivity index (χ1) is 8.18. The second-order valence-corrected chi connectivity index (χ2v) is 5.90. The van der Waals surface area contributed by atoms with Crippen LogP contribution in [-0.2, 0) is 4.79 Å². The SMILES string of the molecule is CN(CC1CCCCC1=O)c1ccccc1I. The van der Waals surface area contributed by atoms with Gasteiger partial charge >= 0.3 is 0 Å². The topological polar surface area (TPSA) is 20.3 Å². The predicted octanol–water partition coefficient (Wildman–Crippen LogP) is 3.49. The van der Waals surface area contributed by atoms with E-state index in [-0.39, 0.29) is 5.92 Å². The van der Waals surface area contributed by atoms with Crippen LogP contribution < -0.4 is 4.90 Å². The molecule has 1 saturated carbocycles. The number of anilines is 1. The number of hydrogen-bond donors (Lipinski definition) is 0. The maximum Gasteiger partial charge on any atom is 0.137 e. The van der Waals surface area contributed by atoms with Crippen LogP contribution in [0, 0.1) is 9.49 Å². The summed E-state index contributed by atoms with van der Waals surface area (Å²) in [6.45, 7) is 0.860. The zero-order valence-electron chi connectivity index (χ0n) is 10.2. The lowest BCUT2D eigenvalue weighted by molar-refractivity contribution is -0.124. The minimum absolute atomic E-state index is 0.241. The van der Waals surface area contributed by atoms with Gasteiger partial charge in [-0.3, -0.25) is 4.79 Å². The van der Waals surface area contributed by atoms with Crippen molar-refractivity contribution in [3.8, 4) is 0 Å². The molecular formula is C14H18INO. The Balaban J connectivity index is 2.03. The van der Waals surface area contributed by atoms with E-state index in [2.05, 4.69) is 52.7 Å². The van der Waals surface area contributed by atoms with Gasteiger partial charge < -0.3 is 4.90 Å². The van der Waals surface area contributed by atoms with Crippen LogP contribution in [0.2, 0.25) is 0 Å². The van der Waals surface area contributed by atoms with E-state index in [0.29, 0.717) is 5.78 Å². The molecule has 2 rings (SSSR count). The summed E-state index contributed by atoms with van der Waals surface area (Å²) in [6, 6.07) is 8.33. The third-order valence-electron chi connectivity index (χ3n) is 3.44. The molecule has 0 saturated heterocycles. The smallest absolute Gasteiger partial charge is 0.137 e. The monoisotopic (exact) mass is 343 g/mol. The summed E-state index contributed by atoms with van der Waals surface area (Å²) in [7, 11) is 2.08. The van der Waals surface area contributed by atoms with E-state index >= 15 is 0 Å². The molecule has 0 radical (unpaired) electrons. The number of Topliss-reactive ketones (excluding diaryl/α,β-unsaturated/α-hetero) is 1. The number of nitrogens with zero attached hydrogens (tertiary/aromatic N) is 1. The fourth-order valence-corrected chi connectivity index (χ4v) is 3.24. The first-order valence-corrected chi connectivity index (χ1v) is 7.24. The molecule has 1 aromatic carbocycles. The van der Waals surface area contributed by atoms with Crippen molar-refractivity contribution >= 4 is 34.1 Å². The molecule has 0 bridgehead atoms. The van der Waals surface area contributed by atoms with Gasteiger partial charge in [0.15, 0.2) is 0 Å². The summed E-state index contributed by atoms with van der Waals surface area (Å²) in [5.41, 5.74) is 1.23. The zero-order valence-corrected chi connectivity index (χ0v) is 12.3. The maximum atomic E-state index is 11.8. The molecule has 1 aromatic rings. The van der Waals surface area contributed by atoms with Gasteiger partial charge in [0.1, 0.15) is 5.78 Å². The number of carbonyl (C=O) groups excluding carboxylic acids is 1. The van der Waals surface area contributed by atoms with Gasteiger partial charge in [0.05, 0.1) is 0 Å². The van der Waals surface area contributed by atoms with Crippen molar-refractivity contribution in [1.29, 1.82) is 0 Å². The van der Waals surface area contributed by atoms with Crippen molar-refractivity contribution in [2.24, 2.45) is 5.92 Å². The summed E-state index contributed by atoms with van der Waals surface area (Å²) < 4.78 is 1.25. The van der Waals surface area contributed by atoms with Crippen LogP contribution in [0.15, 0.2) is 24.3 Å². The molecule has 0 aromatic heterocycles. The molecule has 92 valence electrons. The van der Waals surface area contributed by atoms with Gasteiger partial charge in [-0.1, -0.05) is 18.6 Å². The molecule has 1 aliphatic carbocycles. The van der Waals surface area contributed by atoms with Gasteiger partial charge in [0, 0.05) is 35.2 Å². The highest BCUT2D eigenvalue weighted by Gasteiger charge is 2.23. The quantitative estimate of drug-likeness (QED) is 0.783. The number of carbonyl (C=O) groups is 1. The van der Waals surface area contributed by atoms with Crippen LogP contribution >= 0.6 is 22.6 Å². The second kappa shape index (κ2) is 5.85. The Morgan fingerprint density at radius 2 is 2.12 bits per heavy atom. The van der Waals surface area contributed by atoms with Crippen LogP contribution in [0.25, 0.3) is 0 Å². The molecule has 0 heterocycles. The number of hydrogen-bond acceptors (Lipinski definition) is 2. The standard InChI is InChI=1S/C14H18INO/c1-16(13-8-4-3-7-12(13)15)10-11-6-2-5-9-14(11)17/h3-4,7-8,11H,2,5-6,9-10H2,1H3. The van der Waals surface area contributed by atoms with Crippen molar-refractivity contribution in [2.45, 2.75) is 25.7 Å². The molecule has 17 heavy (non-hydrogen) atoms. The number of benzene rings is 1. The van der Waals surface area contributed by atoms with Crippen molar-refractivity contribution in [2.75, 3.05) is 18.5 Å². The largest absolute Gasteiger partial charge is 0.373 e. The summed E-state index contributed by atoms with van der Waals surface area (Å²) >= 11 is 2.35. The van der Waals surface area contributed by atoms with E-state index in [4.69, 9.17) is 0 Å². The van der Waals surface area contributed by atoms with Crippen LogP contribution in [0.3, 0.4) is 0 Å². The van der Waals surface area contributed by atoms with Crippen molar-refractivity contribution in [3.63, 3.8) is 0 Å². The summed E-state index contributed by atoms with van der Waals surface area (Å²) in [5.74, 6) is 0.693. The predicted molar refractivity (Wildman–Crippen MR) is 79.4 cm³/mol. The Kier molecular flexibility index (Phi) is 4.42. The lowest BCUT2D eigenvalue weighted by Gasteiger charge is -2.28. The van der Waals surface area contributed by atoms with Crippen LogP contribution in [0.5, 0.6) is 0 Å². The van der Waals surface area contributed by atoms with Gasteiger partial charge in [-0.2, -0.15) is 0 Å². The molecule has 0 aliphatic heterocycles. The number of rotatable bonds is 3. The van der Waals surface area contributed by atoms with E-state index in [1.54, 1.807) is 0 Å². The highest BCUT2D eigenvalue weighted by molar-refractivity contribution is 14.1.